The van der Waals surface area contributed by atoms with Gasteiger partial charge in [-0.15, -0.1) is 0 Å². The van der Waals surface area contributed by atoms with Crippen molar-refractivity contribution in [1.29, 1.82) is 0 Å². The molecule has 0 saturated carbocycles. The monoisotopic (exact) mass is 422 g/mol. The van der Waals surface area contributed by atoms with Crippen molar-refractivity contribution in [2.75, 3.05) is 13.1 Å². The molecule has 1 heterocycles. The number of alkyl halides is 6. The lowest BCUT2D eigenvalue weighted by Crippen LogP contribution is -2.63. The molecule has 1 saturated heterocycles. The molecule has 1 aliphatic rings. The molecule has 8 nitrogen and oxygen atoms in total. The Bertz CT molecular complexity index is 742. The van der Waals surface area contributed by atoms with Gasteiger partial charge in [0.1, 0.15) is 0 Å². The Balaban J connectivity index is 3.26. The third-order valence-corrected chi connectivity index (χ3v) is 6.35. The van der Waals surface area contributed by atoms with Crippen molar-refractivity contribution in [3.05, 3.63) is 0 Å². The quantitative estimate of drug-likeness (QED) is 0.486. The molecule has 16 heteroatoms. The minimum atomic E-state index is -7.33. The summed E-state index contributed by atoms with van der Waals surface area (Å²) in [4.78, 5) is 10.7. The lowest BCUT2D eigenvalue weighted by molar-refractivity contribution is -0.247. The summed E-state index contributed by atoms with van der Waals surface area (Å²) in [6, 6.07) is 0. The highest BCUT2D eigenvalue weighted by molar-refractivity contribution is 7.90. The third-order valence-electron chi connectivity index (χ3n) is 3.51. The number of nitrogens with zero attached hydrogens (tertiary/aromatic N) is 1. The zero-order chi connectivity index (χ0) is 20.1. The van der Waals surface area contributed by atoms with Crippen LogP contribution in [0.5, 0.6) is 0 Å². The Morgan fingerprint density at radius 2 is 1.36 bits per heavy atom. The second-order valence-corrected chi connectivity index (χ2v) is 8.48. The van der Waals surface area contributed by atoms with E-state index in [1.165, 1.54) is 0 Å². The van der Waals surface area contributed by atoms with Crippen molar-refractivity contribution in [1.82, 2.24) is 4.31 Å². The fourth-order valence-electron chi connectivity index (χ4n) is 1.99. The number of rotatable bonds is 6. The van der Waals surface area contributed by atoms with Gasteiger partial charge in [-0.2, -0.15) is 30.6 Å². The average molecular weight is 422 g/mol. The Kier molecular flexibility index (Phi) is 5.47. The normalized spacial score (nSPS) is 19.8. The average Bonchev–Trinajstić information content (AvgIpc) is 2.45. The summed E-state index contributed by atoms with van der Waals surface area (Å²) in [7, 11) is -13.9. The fourth-order valence-corrected chi connectivity index (χ4v) is 3.97. The Morgan fingerprint density at radius 3 is 1.68 bits per heavy atom. The van der Waals surface area contributed by atoms with E-state index < -0.39 is 74.4 Å². The molecule has 1 fully saturated rings. The van der Waals surface area contributed by atoms with E-state index in [9.17, 15) is 52.5 Å². The van der Waals surface area contributed by atoms with Crippen LogP contribution in [0.2, 0.25) is 0 Å². The summed E-state index contributed by atoms with van der Waals surface area (Å²) in [6.07, 6.45) is -1.13. The molecule has 0 amide bonds. The van der Waals surface area contributed by atoms with E-state index in [0.29, 0.717) is 0 Å². The van der Waals surface area contributed by atoms with E-state index in [1.54, 1.807) is 0 Å². The Labute approximate surface area is 137 Å². The highest BCUT2D eigenvalue weighted by Gasteiger charge is 2.80. The first-order chi connectivity index (χ1) is 10.9. The van der Waals surface area contributed by atoms with E-state index >= 15 is 0 Å². The van der Waals surface area contributed by atoms with Gasteiger partial charge in [-0.3, -0.25) is 4.79 Å². The van der Waals surface area contributed by atoms with Crippen molar-refractivity contribution in [2.24, 2.45) is 5.92 Å². The first-order valence-corrected chi connectivity index (χ1v) is 9.07. The second kappa shape index (κ2) is 6.24. The molecular formula is C9H10F6NO7S2-. The van der Waals surface area contributed by atoms with Gasteiger partial charge in [0.25, 0.3) is 10.0 Å². The SMILES string of the molecule is O=C(O)C1CCN(S(=O)(=O)C(F)(F)C(F)(F)C(F)(F)S(=O)(=O)[O-])CC1. The largest absolute Gasteiger partial charge is 0.743 e. The maximum Gasteiger partial charge on any atom is 0.428 e. The molecule has 0 aromatic heterocycles. The van der Waals surface area contributed by atoms with Crippen LogP contribution < -0.4 is 0 Å². The maximum atomic E-state index is 13.7. The standard InChI is InChI=1S/C9H11F6NO7S2/c10-7(11,9(14,15)25(21,22)23)8(12,13)24(19,20)16-3-1-5(2-4-16)6(17)18/h5H,1-4H2,(H,17,18)(H,21,22,23)/p-1. The van der Waals surface area contributed by atoms with Crippen LogP contribution in [0, 0.1) is 5.92 Å². The van der Waals surface area contributed by atoms with Gasteiger partial charge in [0.15, 0.2) is 10.1 Å². The Morgan fingerprint density at radius 1 is 0.960 bits per heavy atom. The molecule has 1 N–H and O–H groups in total. The highest BCUT2D eigenvalue weighted by atomic mass is 32.2. The van der Waals surface area contributed by atoms with E-state index in [2.05, 4.69) is 0 Å². The third kappa shape index (κ3) is 3.31. The maximum absolute atomic E-state index is 13.7. The van der Waals surface area contributed by atoms with Crippen LogP contribution in [-0.2, 0) is 24.9 Å². The van der Waals surface area contributed by atoms with Crippen LogP contribution in [0.1, 0.15) is 12.8 Å². The van der Waals surface area contributed by atoms with Crippen molar-refractivity contribution in [3.8, 4) is 0 Å². The second-order valence-electron chi connectivity index (χ2n) is 5.08. The van der Waals surface area contributed by atoms with Gasteiger partial charge < -0.3 is 9.66 Å². The van der Waals surface area contributed by atoms with Gasteiger partial charge in [0.05, 0.1) is 5.92 Å². The van der Waals surface area contributed by atoms with Crippen LogP contribution >= 0.6 is 0 Å². The number of carboxylic acids is 1. The van der Waals surface area contributed by atoms with Crippen LogP contribution in [0.3, 0.4) is 0 Å². The Hall–Kier alpha value is -1.13. The first-order valence-electron chi connectivity index (χ1n) is 6.22. The highest BCUT2D eigenvalue weighted by Crippen LogP contribution is 2.51. The molecule has 0 unspecified atom stereocenters. The predicted octanol–water partition coefficient (Wildman–Crippen LogP) is 0.479. The molecule has 25 heavy (non-hydrogen) atoms. The van der Waals surface area contributed by atoms with Gasteiger partial charge >= 0.3 is 22.4 Å². The number of halogens is 6. The number of sulfonamides is 1. The summed E-state index contributed by atoms with van der Waals surface area (Å²) < 4.78 is 133. The van der Waals surface area contributed by atoms with Crippen molar-refractivity contribution < 1.29 is 57.6 Å². The number of carboxylic acid groups (broad SMARTS) is 1. The lowest BCUT2D eigenvalue weighted by Gasteiger charge is -2.37. The number of carbonyl (C=O) groups is 1. The number of hydrogen-bond acceptors (Lipinski definition) is 6. The molecule has 0 aromatic rings. The first kappa shape index (κ1) is 21.9. The van der Waals surface area contributed by atoms with Crippen LogP contribution in [-0.4, -0.2) is 66.3 Å². The molecule has 0 bridgehead atoms. The number of hydrogen-bond donors (Lipinski definition) is 1. The summed E-state index contributed by atoms with van der Waals surface area (Å²) in [5, 5.41) is -4.87. The van der Waals surface area contributed by atoms with Gasteiger partial charge in [-0.1, -0.05) is 0 Å². The zero-order valence-electron chi connectivity index (χ0n) is 11.8. The summed E-state index contributed by atoms with van der Waals surface area (Å²) >= 11 is 0. The van der Waals surface area contributed by atoms with Crippen molar-refractivity contribution >= 4 is 26.1 Å². The summed E-state index contributed by atoms with van der Waals surface area (Å²) in [5.41, 5.74) is 0. The van der Waals surface area contributed by atoms with E-state index in [1.807, 2.05) is 0 Å². The number of piperidine rings is 1. The predicted molar refractivity (Wildman–Crippen MR) is 65.4 cm³/mol. The zero-order valence-corrected chi connectivity index (χ0v) is 13.5. The van der Waals surface area contributed by atoms with Gasteiger partial charge in [-0.05, 0) is 12.8 Å². The molecule has 1 aliphatic heterocycles. The van der Waals surface area contributed by atoms with Crippen LogP contribution in [0.25, 0.3) is 0 Å². The van der Waals surface area contributed by atoms with E-state index in [0.717, 1.165) is 0 Å². The minimum absolute atomic E-state index is 0.353. The smallest absolute Gasteiger partial charge is 0.428 e. The molecule has 1 rings (SSSR count). The molecule has 0 aliphatic carbocycles. The van der Waals surface area contributed by atoms with Gasteiger partial charge in [-0.25, -0.2) is 16.8 Å². The molecule has 0 radical (unpaired) electrons. The topological polar surface area (TPSA) is 132 Å². The minimum Gasteiger partial charge on any atom is -0.743 e. The van der Waals surface area contributed by atoms with Crippen LogP contribution in [0.4, 0.5) is 26.3 Å². The van der Waals surface area contributed by atoms with E-state index in [4.69, 9.17) is 5.11 Å². The molecule has 0 atom stereocenters. The molecule has 0 spiro atoms. The van der Waals surface area contributed by atoms with Crippen molar-refractivity contribution in [2.45, 2.75) is 29.3 Å². The molecule has 0 aromatic carbocycles. The fraction of sp³-hybridized carbons (Fsp3) is 0.889. The van der Waals surface area contributed by atoms with Crippen molar-refractivity contribution in [3.63, 3.8) is 0 Å². The number of aliphatic carboxylic acids is 1. The lowest BCUT2D eigenvalue weighted by atomic mass is 9.99. The summed E-state index contributed by atoms with van der Waals surface area (Å²) in [5.74, 6) is -9.63. The summed E-state index contributed by atoms with van der Waals surface area (Å²) in [6.45, 7) is -2.00. The van der Waals surface area contributed by atoms with Gasteiger partial charge in [0, 0.05) is 13.1 Å². The van der Waals surface area contributed by atoms with E-state index in [-0.39, 0.29) is 4.31 Å². The van der Waals surface area contributed by atoms with Gasteiger partial charge in [0.2, 0.25) is 0 Å². The molecular weight excluding hydrogens is 412 g/mol. The van der Waals surface area contributed by atoms with Crippen LogP contribution in [0.15, 0.2) is 0 Å². The molecule has 148 valence electrons.